The van der Waals surface area contributed by atoms with Crippen LogP contribution in [0.2, 0.25) is 5.02 Å². The van der Waals surface area contributed by atoms with E-state index >= 15 is 0 Å². The van der Waals surface area contributed by atoms with E-state index in [1.807, 2.05) is 0 Å². The molecule has 0 radical (unpaired) electrons. The van der Waals surface area contributed by atoms with Crippen LogP contribution in [0.4, 0.5) is 0 Å². The fraction of sp³-hybridized carbons (Fsp3) is 0.200. The summed E-state index contributed by atoms with van der Waals surface area (Å²) in [7, 11) is 0. The summed E-state index contributed by atoms with van der Waals surface area (Å²) in [5, 5.41) is 10.6. The molecule has 1 aliphatic rings. The molecule has 6 heteroatoms. The number of rotatable bonds is 4. The molecule has 1 N–H and O–H groups in total. The second kappa shape index (κ2) is 6.50. The van der Waals surface area contributed by atoms with Crippen LogP contribution in [-0.2, 0) is 17.6 Å². The second-order valence-electron chi connectivity index (χ2n) is 6.23. The van der Waals surface area contributed by atoms with Crippen molar-refractivity contribution in [1.82, 2.24) is 0 Å². The average Bonchev–Trinajstić information content (AvgIpc) is 3.12. The first-order valence-corrected chi connectivity index (χ1v) is 8.65. The molecule has 0 aliphatic heterocycles. The number of aliphatic carboxylic acids is 1. The first kappa shape index (κ1) is 16.7. The molecule has 1 atom stereocenters. The Balaban J connectivity index is 1.79. The largest absolute Gasteiger partial charge is 0.478 e. The minimum Gasteiger partial charge on any atom is -0.478 e. The number of fused-ring (bicyclic) bond motifs is 3. The lowest BCUT2D eigenvalue weighted by molar-refractivity contribution is -0.145. The highest BCUT2D eigenvalue weighted by Gasteiger charge is 2.25. The van der Waals surface area contributed by atoms with Crippen molar-refractivity contribution in [2.75, 3.05) is 0 Å². The zero-order valence-corrected chi connectivity index (χ0v) is 14.5. The van der Waals surface area contributed by atoms with E-state index in [9.17, 15) is 14.7 Å². The Morgan fingerprint density at radius 3 is 2.62 bits per heavy atom. The Labute approximate surface area is 153 Å². The maximum Gasteiger partial charge on any atom is 0.349 e. The van der Waals surface area contributed by atoms with Crippen LogP contribution >= 0.6 is 11.6 Å². The maximum atomic E-state index is 12.1. The van der Waals surface area contributed by atoms with Gasteiger partial charge in [-0.2, -0.15) is 0 Å². The van der Waals surface area contributed by atoms with Gasteiger partial charge in [0, 0.05) is 22.6 Å². The number of carbonyl (C=O) groups is 1. The molecular formula is C20H15ClO5. The van der Waals surface area contributed by atoms with Crippen molar-refractivity contribution >= 4 is 28.5 Å². The van der Waals surface area contributed by atoms with Crippen molar-refractivity contribution in [3.63, 3.8) is 0 Å². The van der Waals surface area contributed by atoms with Crippen LogP contribution in [0.5, 0.6) is 5.75 Å². The standard InChI is InChI=1S/C20H15ClO5/c21-15-9-14-12-7-4-8-13(12)20(24)26-16(14)10-17(15)25-18(19(22)23)11-5-2-1-3-6-11/h1-3,5-6,9-10,18H,4,7-8H2,(H,22,23). The number of ether oxygens (including phenoxy) is 1. The van der Waals surface area contributed by atoms with Crippen LogP contribution in [-0.4, -0.2) is 11.1 Å². The lowest BCUT2D eigenvalue weighted by Crippen LogP contribution is -2.18. The van der Waals surface area contributed by atoms with E-state index in [0.717, 1.165) is 23.8 Å². The van der Waals surface area contributed by atoms with Crippen molar-refractivity contribution in [3.8, 4) is 5.75 Å². The van der Waals surface area contributed by atoms with Gasteiger partial charge in [0.1, 0.15) is 11.3 Å². The molecule has 1 unspecified atom stereocenters. The Hall–Kier alpha value is -2.79. The number of carboxylic acids is 1. The number of hydrogen-bond acceptors (Lipinski definition) is 4. The van der Waals surface area contributed by atoms with Gasteiger partial charge in [-0.3, -0.25) is 0 Å². The van der Waals surface area contributed by atoms with Crippen LogP contribution in [0.15, 0.2) is 51.7 Å². The molecule has 1 aliphatic carbocycles. The van der Waals surface area contributed by atoms with Gasteiger partial charge in [-0.25, -0.2) is 9.59 Å². The Kier molecular flexibility index (Phi) is 4.17. The molecule has 0 spiro atoms. The third-order valence-electron chi connectivity index (χ3n) is 4.60. The van der Waals surface area contributed by atoms with Crippen LogP contribution in [0.25, 0.3) is 11.0 Å². The highest BCUT2D eigenvalue weighted by atomic mass is 35.5. The highest BCUT2D eigenvalue weighted by molar-refractivity contribution is 6.32. The highest BCUT2D eigenvalue weighted by Crippen LogP contribution is 2.36. The maximum absolute atomic E-state index is 12.1. The van der Waals surface area contributed by atoms with E-state index in [-0.39, 0.29) is 16.4 Å². The fourth-order valence-corrected chi connectivity index (χ4v) is 3.60. The van der Waals surface area contributed by atoms with Crippen LogP contribution in [0.1, 0.15) is 29.2 Å². The topological polar surface area (TPSA) is 76.7 Å². The summed E-state index contributed by atoms with van der Waals surface area (Å²) >= 11 is 6.34. The van der Waals surface area contributed by atoms with Crippen LogP contribution in [0, 0.1) is 0 Å². The van der Waals surface area contributed by atoms with Gasteiger partial charge in [-0.15, -0.1) is 0 Å². The molecule has 5 nitrogen and oxygen atoms in total. The molecule has 132 valence electrons. The molecule has 0 saturated carbocycles. The number of carboxylic acid groups (broad SMARTS) is 1. The van der Waals surface area contributed by atoms with Crippen LogP contribution in [0.3, 0.4) is 0 Å². The fourth-order valence-electron chi connectivity index (χ4n) is 3.39. The van der Waals surface area contributed by atoms with E-state index in [0.29, 0.717) is 23.1 Å². The normalized spacial score (nSPS) is 14.2. The predicted molar refractivity (Wildman–Crippen MR) is 97.0 cm³/mol. The van der Waals surface area contributed by atoms with Crippen molar-refractivity contribution in [1.29, 1.82) is 0 Å². The minimum absolute atomic E-state index is 0.163. The molecule has 26 heavy (non-hydrogen) atoms. The summed E-state index contributed by atoms with van der Waals surface area (Å²) in [6.07, 6.45) is 1.20. The quantitative estimate of drug-likeness (QED) is 0.698. The van der Waals surface area contributed by atoms with Gasteiger partial charge in [0.05, 0.1) is 5.02 Å². The molecule has 4 rings (SSSR count). The Morgan fingerprint density at radius 1 is 1.15 bits per heavy atom. The van der Waals surface area contributed by atoms with Gasteiger partial charge in [0.15, 0.2) is 0 Å². The summed E-state index contributed by atoms with van der Waals surface area (Å²) in [6, 6.07) is 11.8. The monoisotopic (exact) mass is 370 g/mol. The zero-order chi connectivity index (χ0) is 18.3. The van der Waals surface area contributed by atoms with Gasteiger partial charge < -0.3 is 14.3 Å². The first-order chi connectivity index (χ1) is 12.5. The van der Waals surface area contributed by atoms with Gasteiger partial charge in [0.2, 0.25) is 6.10 Å². The third kappa shape index (κ3) is 2.84. The number of benzene rings is 2. The summed E-state index contributed by atoms with van der Waals surface area (Å²) in [5.41, 5.74) is 2.16. The average molecular weight is 371 g/mol. The molecule has 2 aromatic carbocycles. The van der Waals surface area contributed by atoms with Crippen molar-refractivity contribution in [2.45, 2.75) is 25.4 Å². The van der Waals surface area contributed by atoms with E-state index < -0.39 is 12.1 Å². The summed E-state index contributed by atoms with van der Waals surface area (Å²) in [6.45, 7) is 0. The van der Waals surface area contributed by atoms with Crippen molar-refractivity contribution < 1.29 is 19.1 Å². The Morgan fingerprint density at radius 2 is 1.88 bits per heavy atom. The van der Waals surface area contributed by atoms with Crippen LogP contribution < -0.4 is 10.4 Å². The van der Waals surface area contributed by atoms with Gasteiger partial charge in [-0.05, 0) is 30.9 Å². The van der Waals surface area contributed by atoms with E-state index in [1.165, 1.54) is 6.07 Å². The molecule has 3 aromatic rings. The number of halogens is 1. The SMILES string of the molecule is O=C(O)C(Oc1cc2oc(=O)c3c(c2cc1Cl)CCC3)c1ccccc1. The smallest absolute Gasteiger partial charge is 0.349 e. The van der Waals surface area contributed by atoms with Crippen molar-refractivity contribution in [3.05, 3.63) is 74.6 Å². The van der Waals surface area contributed by atoms with Gasteiger partial charge >= 0.3 is 11.6 Å². The molecular weight excluding hydrogens is 356 g/mol. The van der Waals surface area contributed by atoms with E-state index in [2.05, 4.69) is 0 Å². The number of hydrogen-bond donors (Lipinski definition) is 1. The Bertz CT molecular complexity index is 1060. The molecule has 1 heterocycles. The lowest BCUT2D eigenvalue weighted by Gasteiger charge is -2.17. The second-order valence-corrected chi connectivity index (χ2v) is 6.63. The molecule has 0 fully saturated rings. The third-order valence-corrected chi connectivity index (χ3v) is 4.89. The van der Waals surface area contributed by atoms with E-state index in [4.69, 9.17) is 20.8 Å². The van der Waals surface area contributed by atoms with Gasteiger partial charge in [-0.1, -0.05) is 41.9 Å². The minimum atomic E-state index is -1.22. The first-order valence-electron chi connectivity index (χ1n) is 8.27. The summed E-state index contributed by atoms with van der Waals surface area (Å²) in [5.74, 6) is -0.973. The van der Waals surface area contributed by atoms with Gasteiger partial charge in [0.25, 0.3) is 0 Å². The summed E-state index contributed by atoms with van der Waals surface area (Å²) in [4.78, 5) is 23.8. The zero-order valence-electron chi connectivity index (χ0n) is 13.7. The molecule has 0 saturated heterocycles. The summed E-state index contributed by atoms with van der Waals surface area (Å²) < 4.78 is 11.1. The van der Waals surface area contributed by atoms with E-state index in [1.54, 1.807) is 36.4 Å². The molecule has 1 aromatic heterocycles. The predicted octanol–water partition coefficient (Wildman–Crippen LogP) is 4.14. The molecule has 0 amide bonds. The lowest BCUT2D eigenvalue weighted by atomic mass is 10.1. The molecule has 0 bridgehead atoms. The number of aryl methyl sites for hydroxylation is 1. The van der Waals surface area contributed by atoms with Crippen molar-refractivity contribution in [2.24, 2.45) is 0 Å².